The average molecular weight is 338 g/mol. The minimum atomic E-state index is -0.243. The van der Waals surface area contributed by atoms with Crippen LogP contribution < -0.4 is 5.73 Å². The molecule has 0 aromatic heterocycles. The molecule has 0 bridgehead atoms. The quantitative estimate of drug-likeness (QED) is 0.670. The third-order valence-corrected chi connectivity index (χ3v) is 7.82. The van der Waals surface area contributed by atoms with E-state index in [0.717, 1.165) is 44.9 Å². The Kier molecular flexibility index (Phi) is 6.21. The maximum absolute atomic E-state index is 11.2. The lowest BCUT2D eigenvalue weighted by molar-refractivity contribution is -0.117. The van der Waals surface area contributed by atoms with Gasteiger partial charge in [0.25, 0.3) is 0 Å². The van der Waals surface area contributed by atoms with E-state index in [9.17, 15) is 10.2 Å². The molecule has 0 aliphatic heterocycles. The molecule has 0 aromatic carbocycles. The Balaban J connectivity index is 0.00000100. The summed E-state index contributed by atoms with van der Waals surface area (Å²) in [6.07, 6.45) is 6.55. The van der Waals surface area contributed by atoms with Gasteiger partial charge in [-0.2, -0.15) is 0 Å². The molecule has 0 heterocycles. The molecule has 6 unspecified atom stereocenters. The van der Waals surface area contributed by atoms with Crippen molar-refractivity contribution in [3.8, 4) is 0 Å². The Morgan fingerprint density at radius 1 is 1.08 bits per heavy atom. The number of aliphatic hydroxyl groups is 2. The molecule has 0 amide bonds. The fourth-order valence-corrected chi connectivity index (χ4v) is 5.98. The van der Waals surface area contributed by atoms with Crippen molar-refractivity contribution in [2.24, 2.45) is 34.3 Å². The number of hydrogen-bond donors (Lipinski definition) is 3. The zero-order valence-electron chi connectivity index (χ0n) is 16.2. The zero-order valence-corrected chi connectivity index (χ0v) is 16.2. The second-order valence-electron chi connectivity index (χ2n) is 8.67. The van der Waals surface area contributed by atoms with E-state index in [2.05, 4.69) is 20.4 Å². The van der Waals surface area contributed by atoms with Crippen LogP contribution in [0.25, 0.3) is 0 Å². The molecule has 4 N–H and O–H groups in total. The Morgan fingerprint density at radius 3 is 2.38 bits per heavy atom. The summed E-state index contributed by atoms with van der Waals surface area (Å²) < 4.78 is 0. The van der Waals surface area contributed by atoms with E-state index in [4.69, 9.17) is 5.73 Å². The summed E-state index contributed by atoms with van der Waals surface area (Å²) in [4.78, 5) is 0. The van der Waals surface area contributed by atoms with Gasteiger partial charge in [0.1, 0.15) is 0 Å². The van der Waals surface area contributed by atoms with Crippen molar-refractivity contribution >= 4 is 0 Å². The molecule has 3 aliphatic rings. The smallest absolute Gasteiger partial charge is 0.0610 e. The third-order valence-electron chi connectivity index (χ3n) is 7.82. The van der Waals surface area contributed by atoms with Crippen LogP contribution in [0.15, 0.2) is 12.2 Å². The number of rotatable bonds is 2. The number of fused-ring (bicyclic) bond motifs is 1. The lowest BCUT2D eigenvalue weighted by Crippen LogP contribution is -2.54. The molecule has 0 radical (unpaired) electrons. The molecule has 3 nitrogen and oxygen atoms in total. The lowest BCUT2D eigenvalue weighted by atomic mass is 9.52. The van der Waals surface area contributed by atoms with E-state index < -0.39 is 0 Å². The van der Waals surface area contributed by atoms with Crippen LogP contribution in [0.2, 0.25) is 0 Å². The van der Waals surface area contributed by atoms with Crippen LogP contribution in [0.3, 0.4) is 0 Å². The molecular formula is C21H39NO2. The molecular weight excluding hydrogens is 298 g/mol. The van der Waals surface area contributed by atoms with Crippen molar-refractivity contribution < 1.29 is 10.2 Å². The van der Waals surface area contributed by atoms with Crippen molar-refractivity contribution in [3.63, 3.8) is 0 Å². The van der Waals surface area contributed by atoms with Gasteiger partial charge in [0.05, 0.1) is 12.2 Å². The summed E-state index contributed by atoms with van der Waals surface area (Å²) in [7, 11) is 0. The van der Waals surface area contributed by atoms with Crippen LogP contribution in [-0.4, -0.2) is 29.0 Å². The van der Waals surface area contributed by atoms with E-state index in [1.54, 1.807) is 0 Å². The van der Waals surface area contributed by atoms with Gasteiger partial charge < -0.3 is 15.9 Å². The third kappa shape index (κ3) is 3.08. The van der Waals surface area contributed by atoms with Crippen molar-refractivity contribution in [1.29, 1.82) is 0 Å². The summed E-state index contributed by atoms with van der Waals surface area (Å²) in [5, 5.41) is 21.2. The van der Waals surface area contributed by atoms with Gasteiger partial charge in [-0.05, 0) is 80.1 Å². The normalized spacial score (nSPS) is 48.5. The van der Waals surface area contributed by atoms with E-state index in [-0.39, 0.29) is 23.0 Å². The molecule has 3 aliphatic carbocycles. The second kappa shape index (κ2) is 7.47. The topological polar surface area (TPSA) is 66.5 Å². The summed E-state index contributed by atoms with van der Waals surface area (Å²) in [5.74, 6) is 1.00. The Bertz CT molecular complexity index is 451. The minimum Gasteiger partial charge on any atom is -0.393 e. The van der Waals surface area contributed by atoms with Crippen molar-refractivity contribution in [2.75, 3.05) is 6.54 Å². The highest BCUT2D eigenvalue weighted by Gasteiger charge is 2.56. The Morgan fingerprint density at radius 2 is 1.75 bits per heavy atom. The Labute approximate surface area is 148 Å². The zero-order chi connectivity index (χ0) is 18.1. The predicted octanol–water partition coefficient (Wildman–Crippen LogP) is 3.88. The highest BCUT2D eigenvalue weighted by Crippen LogP contribution is 2.61. The highest BCUT2D eigenvalue weighted by atomic mass is 16.3. The number of nitrogens with two attached hydrogens (primary N) is 1. The van der Waals surface area contributed by atoms with Gasteiger partial charge in [0.2, 0.25) is 0 Å². The summed E-state index contributed by atoms with van der Waals surface area (Å²) in [6.45, 7) is 13.5. The molecule has 3 rings (SSSR count). The van der Waals surface area contributed by atoms with Crippen LogP contribution in [0.1, 0.15) is 72.6 Å². The van der Waals surface area contributed by atoms with E-state index in [1.165, 1.54) is 5.57 Å². The minimum absolute atomic E-state index is 0.0681. The van der Waals surface area contributed by atoms with Gasteiger partial charge in [0, 0.05) is 0 Å². The van der Waals surface area contributed by atoms with Gasteiger partial charge in [-0.15, -0.1) is 0 Å². The molecule has 0 spiro atoms. The summed E-state index contributed by atoms with van der Waals surface area (Å²) >= 11 is 0. The highest BCUT2D eigenvalue weighted by molar-refractivity contribution is 5.21. The molecule has 3 saturated carbocycles. The maximum Gasteiger partial charge on any atom is 0.0610 e. The molecule has 24 heavy (non-hydrogen) atoms. The van der Waals surface area contributed by atoms with Gasteiger partial charge in [0.15, 0.2) is 0 Å². The van der Waals surface area contributed by atoms with Gasteiger partial charge >= 0.3 is 0 Å². The standard InChI is InChI=1S/C19H33NO2.C2H6/c1-12-4-5-15-17(22)16(7-9-18(12,15)2)19(3)8-6-14(21)10-13(19)11-20;1-2/h13-17,21-22H,1,4-11,20H2,2-3H3;1-2H3/t13?,14?,15?,16?,17-,18?,19?;/m0./s1. The van der Waals surface area contributed by atoms with Crippen molar-refractivity contribution in [2.45, 2.75) is 84.8 Å². The molecule has 0 saturated heterocycles. The van der Waals surface area contributed by atoms with Crippen LogP contribution in [0, 0.1) is 28.6 Å². The molecule has 3 heteroatoms. The molecule has 0 aromatic rings. The first-order valence-electron chi connectivity index (χ1n) is 10.1. The Hall–Kier alpha value is -0.380. The van der Waals surface area contributed by atoms with Crippen LogP contribution in [-0.2, 0) is 0 Å². The first-order chi connectivity index (χ1) is 11.3. The maximum atomic E-state index is 11.2. The summed E-state index contributed by atoms with van der Waals surface area (Å²) in [5.41, 5.74) is 7.59. The lowest BCUT2D eigenvalue weighted by Gasteiger charge is -2.55. The molecule has 7 atom stereocenters. The molecule has 140 valence electrons. The van der Waals surface area contributed by atoms with Crippen LogP contribution in [0.5, 0.6) is 0 Å². The SMILES string of the molecule is C=C1CCC2[C@H](O)C(C3(C)CCC(O)CC3CN)CCC12C.CC. The van der Waals surface area contributed by atoms with Crippen molar-refractivity contribution in [1.82, 2.24) is 0 Å². The predicted molar refractivity (Wildman–Crippen MR) is 101 cm³/mol. The first kappa shape index (κ1) is 19.9. The summed E-state index contributed by atoms with van der Waals surface area (Å²) in [6, 6.07) is 0. The van der Waals surface area contributed by atoms with Gasteiger partial charge in [-0.1, -0.05) is 39.8 Å². The van der Waals surface area contributed by atoms with Crippen molar-refractivity contribution in [3.05, 3.63) is 12.2 Å². The fraction of sp³-hybridized carbons (Fsp3) is 0.905. The fourth-order valence-electron chi connectivity index (χ4n) is 5.98. The van der Waals surface area contributed by atoms with Gasteiger partial charge in [-0.3, -0.25) is 0 Å². The van der Waals surface area contributed by atoms with Crippen LogP contribution in [0.4, 0.5) is 0 Å². The van der Waals surface area contributed by atoms with Crippen LogP contribution >= 0.6 is 0 Å². The van der Waals surface area contributed by atoms with E-state index >= 15 is 0 Å². The monoisotopic (exact) mass is 337 g/mol. The second-order valence-corrected chi connectivity index (χ2v) is 8.67. The largest absolute Gasteiger partial charge is 0.393 e. The number of hydrogen-bond acceptors (Lipinski definition) is 3. The van der Waals surface area contributed by atoms with E-state index in [1.807, 2.05) is 13.8 Å². The number of aliphatic hydroxyl groups excluding tert-OH is 2. The first-order valence-corrected chi connectivity index (χ1v) is 10.1. The molecule has 3 fully saturated rings. The average Bonchev–Trinajstić information content (AvgIpc) is 2.88. The van der Waals surface area contributed by atoms with E-state index in [0.29, 0.717) is 24.3 Å². The van der Waals surface area contributed by atoms with Gasteiger partial charge in [-0.25, -0.2) is 0 Å². The number of allylic oxidation sites excluding steroid dienone is 1.